The lowest BCUT2D eigenvalue weighted by molar-refractivity contribution is -0.885. The summed E-state index contributed by atoms with van der Waals surface area (Å²) in [5.74, 6) is -0.267. The maximum absolute atomic E-state index is 12.5. The number of hydrogen-bond donors (Lipinski definition) is 3. The molecule has 0 radical (unpaired) electrons. The first kappa shape index (κ1) is 19.9. The first-order valence-electron chi connectivity index (χ1n) is 9.10. The predicted molar refractivity (Wildman–Crippen MR) is 114 cm³/mol. The number of nitrogens with two attached hydrogens (primary N) is 1. The summed E-state index contributed by atoms with van der Waals surface area (Å²) in [6, 6.07) is 22.1. The highest BCUT2D eigenvalue weighted by molar-refractivity contribution is 8.00. The summed E-state index contributed by atoms with van der Waals surface area (Å²) < 4.78 is 0. The number of fused-ring (bicyclic) bond motifs is 1. The fourth-order valence-corrected chi connectivity index (χ4v) is 3.82. The molecule has 2 amide bonds. The van der Waals surface area contributed by atoms with E-state index >= 15 is 0 Å². The summed E-state index contributed by atoms with van der Waals surface area (Å²) in [4.78, 5) is 25.4. The van der Waals surface area contributed by atoms with Gasteiger partial charge >= 0.3 is 0 Å². The van der Waals surface area contributed by atoms with E-state index in [4.69, 9.17) is 5.73 Å². The van der Waals surface area contributed by atoms with Crippen molar-refractivity contribution in [2.75, 3.05) is 24.7 Å². The zero-order chi connectivity index (χ0) is 19.9. The minimum Gasteiger partial charge on any atom is -0.369 e. The average molecular weight is 395 g/mol. The summed E-state index contributed by atoms with van der Waals surface area (Å²) in [6.07, 6.45) is 0. The second-order valence-corrected chi connectivity index (χ2v) is 7.81. The lowest BCUT2D eigenvalue weighted by Gasteiger charge is -2.15. The molecule has 144 valence electrons. The number of rotatable bonds is 8. The van der Waals surface area contributed by atoms with Crippen LogP contribution in [0.4, 0.5) is 5.69 Å². The Labute approximate surface area is 168 Å². The van der Waals surface area contributed by atoms with Crippen molar-refractivity contribution in [1.29, 1.82) is 0 Å². The minimum atomic E-state index is -0.384. The van der Waals surface area contributed by atoms with Crippen LogP contribution in [-0.4, -0.2) is 31.2 Å². The van der Waals surface area contributed by atoms with E-state index < -0.39 is 0 Å². The molecule has 4 N–H and O–H groups in total. The van der Waals surface area contributed by atoms with Crippen molar-refractivity contribution in [3.63, 3.8) is 0 Å². The van der Waals surface area contributed by atoms with E-state index in [0.717, 1.165) is 16.3 Å². The van der Waals surface area contributed by atoms with Crippen molar-refractivity contribution in [3.05, 3.63) is 72.3 Å². The standard InChI is InChI=1S/C22H23N3O2S/c1-25(13-16-10-11-17-6-2-3-7-18(17)12-16)14-22(27)24-19-8-4-5-9-20(19)28-15-21(23)26/h2-12H,13-15H2,1H3,(H2,23,26)(H,24,27)/p+1. The van der Waals surface area contributed by atoms with Crippen molar-refractivity contribution in [2.45, 2.75) is 11.4 Å². The van der Waals surface area contributed by atoms with Gasteiger partial charge in [0.1, 0.15) is 6.54 Å². The van der Waals surface area contributed by atoms with E-state index in [1.54, 1.807) is 0 Å². The largest absolute Gasteiger partial charge is 0.369 e. The van der Waals surface area contributed by atoms with E-state index in [1.165, 1.54) is 28.1 Å². The Morgan fingerprint density at radius 3 is 2.50 bits per heavy atom. The molecule has 0 aliphatic rings. The van der Waals surface area contributed by atoms with Crippen LogP contribution >= 0.6 is 11.8 Å². The zero-order valence-corrected chi connectivity index (χ0v) is 16.6. The second-order valence-electron chi connectivity index (χ2n) is 6.79. The van der Waals surface area contributed by atoms with Gasteiger partial charge in [0.05, 0.1) is 18.5 Å². The van der Waals surface area contributed by atoms with Gasteiger partial charge in [-0.05, 0) is 29.0 Å². The number of hydrogen-bond acceptors (Lipinski definition) is 3. The first-order valence-corrected chi connectivity index (χ1v) is 10.1. The molecule has 0 aromatic heterocycles. The van der Waals surface area contributed by atoms with Crippen LogP contribution in [0.2, 0.25) is 0 Å². The fraction of sp³-hybridized carbons (Fsp3) is 0.182. The fourth-order valence-electron chi connectivity index (χ4n) is 3.07. The number of benzene rings is 3. The smallest absolute Gasteiger partial charge is 0.279 e. The molecule has 3 aromatic rings. The number of likely N-dealkylation sites (N-methyl/N-ethyl adjacent to an activating group) is 1. The molecular weight excluding hydrogens is 370 g/mol. The first-order chi connectivity index (χ1) is 13.5. The Kier molecular flexibility index (Phi) is 6.68. The van der Waals surface area contributed by atoms with Crippen molar-refractivity contribution in [1.82, 2.24) is 0 Å². The van der Waals surface area contributed by atoms with Crippen LogP contribution in [0.25, 0.3) is 10.8 Å². The maximum Gasteiger partial charge on any atom is 0.279 e. The van der Waals surface area contributed by atoms with Crippen LogP contribution in [-0.2, 0) is 16.1 Å². The lowest BCUT2D eigenvalue weighted by atomic mass is 10.1. The third kappa shape index (κ3) is 5.58. The van der Waals surface area contributed by atoms with Gasteiger partial charge < -0.3 is 16.0 Å². The van der Waals surface area contributed by atoms with Crippen LogP contribution in [0.1, 0.15) is 5.56 Å². The number of primary amides is 1. The van der Waals surface area contributed by atoms with E-state index in [2.05, 4.69) is 35.6 Å². The Bertz CT molecular complexity index is 990. The SMILES string of the molecule is C[NH+](CC(=O)Nc1ccccc1SCC(N)=O)Cc1ccc2ccccc2c1. The van der Waals surface area contributed by atoms with Crippen LogP contribution < -0.4 is 16.0 Å². The highest BCUT2D eigenvalue weighted by Crippen LogP contribution is 2.26. The molecule has 1 unspecified atom stereocenters. The van der Waals surface area contributed by atoms with Crippen molar-refractivity contribution in [3.8, 4) is 0 Å². The van der Waals surface area contributed by atoms with Crippen LogP contribution in [0.3, 0.4) is 0 Å². The molecule has 6 heteroatoms. The molecule has 28 heavy (non-hydrogen) atoms. The maximum atomic E-state index is 12.5. The Balaban J connectivity index is 1.59. The number of carbonyl (C=O) groups is 2. The molecule has 3 rings (SSSR count). The molecule has 0 aliphatic carbocycles. The molecule has 0 saturated heterocycles. The topological polar surface area (TPSA) is 76.6 Å². The lowest BCUT2D eigenvalue weighted by Crippen LogP contribution is -3.08. The van der Waals surface area contributed by atoms with E-state index in [1.807, 2.05) is 43.4 Å². The minimum absolute atomic E-state index is 0.0644. The zero-order valence-electron chi connectivity index (χ0n) is 15.8. The van der Waals surface area contributed by atoms with E-state index in [0.29, 0.717) is 12.2 Å². The highest BCUT2D eigenvalue weighted by atomic mass is 32.2. The molecule has 0 spiro atoms. The molecule has 5 nitrogen and oxygen atoms in total. The third-order valence-electron chi connectivity index (χ3n) is 4.31. The molecule has 0 bridgehead atoms. The number of quaternary nitrogens is 1. The number of thioether (sulfide) groups is 1. The Hall–Kier alpha value is -2.83. The summed E-state index contributed by atoms with van der Waals surface area (Å²) in [6.45, 7) is 1.11. The predicted octanol–water partition coefficient (Wildman–Crippen LogP) is 2.07. The summed E-state index contributed by atoms with van der Waals surface area (Å²) in [5, 5.41) is 5.37. The van der Waals surface area contributed by atoms with Crippen molar-refractivity contribution >= 4 is 40.0 Å². The quantitative estimate of drug-likeness (QED) is 0.512. The van der Waals surface area contributed by atoms with Gasteiger partial charge in [-0.1, -0.05) is 48.5 Å². The van der Waals surface area contributed by atoms with Gasteiger partial charge in [-0.15, -0.1) is 11.8 Å². The van der Waals surface area contributed by atoms with Gasteiger partial charge in [0, 0.05) is 10.5 Å². The average Bonchev–Trinajstić information content (AvgIpc) is 2.67. The summed E-state index contributed by atoms with van der Waals surface area (Å²) in [5.41, 5.74) is 7.12. The number of nitrogens with one attached hydrogen (secondary N) is 2. The molecule has 0 aliphatic heterocycles. The third-order valence-corrected chi connectivity index (χ3v) is 5.41. The normalized spacial score (nSPS) is 11.9. The summed E-state index contributed by atoms with van der Waals surface area (Å²) in [7, 11) is 2.00. The molecule has 0 heterocycles. The molecule has 1 atom stereocenters. The van der Waals surface area contributed by atoms with Gasteiger partial charge in [0.15, 0.2) is 6.54 Å². The number of amides is 2. The van der Waals surface area contributed by atoms with Crippen LogP contribution in [0.15, 0.2) is 71.6 Å². The Morgan fingerprint density at radius 1 is 1.00 bits per heavy atom. The molecule has 0 saturated carbocycles. The van der Waals surface area contributed by atoms with Crippen molar-refractivity contribution < 1.29 is 14.5 Å². The second kappa shape index (κ2) is 9.39. The van der Waals surface area contributed by atoms with Gasteiger partial charge in [0.25, 0.3) is 5.91 Å². The van der Waals surface area contributed by atoms with Gasteiger partial charge in [0.2, 0.25) is 5.91 Å². The highest BCUT2D eigenvalue weighted by Gasteiger charge is 2.13. The van der Waals surface area contributed by atoms with Crippen LogP contribution in [0.5, 0.6) is 0 Å². The number of anilines is 1. The summed E-state index contributed by atoms with van der Waals surface area (Å²) >= 11 is 1.32. The number of para-hydroxylation sites is 1. The van der Waals surface area contributed by atoms with Crippen LogP contribution in [0, 0.1) is 0 Å². The number of carbonyl (C=O) groups excluding carboxylic acids is 2. The molecule has 3 aromatic carbocycles. The van der Waals surface area contributed by atoms with Crippen molar-refractivity contribution in [2.24, 2.45) is 5.73 Å². The van der Waals surface area contributed by atoms with Gasteiger partial charge in [-0.3, -0.25) is 9.59 Å². The molecule has 0 fully saturated rings. The van der Waals surface area contributed by atoms with E-state index in [-0.39, 0.29) is 17.6 Å². The van der Waals surface area contributed by atoms with Gasteiger partial charge in [-0.2, -0.15) is 0 Å². The monoisotopic (exact) mass is 394 g/mol. The Morgan fingerprint density at radius 2 is 1.71 bits per heavy atom. The van der Waals surface area contributed by atoms with Gasteiger partial charge in [-0.25, -0.2) is 0 Å². The van der Waals surface area contributed by atoms with E-state index in [9.17, 15) is 9.59 Å². The molecular formula is C22H24N3O2S+.